The van der Waals surface area contributed by atoms with Crippen LogP contribution in [0, 0.1) is 0 Å². The van der Waals surface area contributed by atoms with E-state index in [1.54, 1.807) is 6.20 Å². The van der Waals surface area contributed by atoms with E-state index < -0.39 is 0 Å². The van der Waals surface area contributed by atoms with Crippen LogP contribution >= 0.6 is 0 Å². The van der Waals surface area contributed by atoms with Gasteiger partial charge in [-0.15, -0.1) is 0 Å². The minimum Gasteiger partial charge on any atom is -0.487 e. The van der Waals surface area contributed by atoms with Gasteiger partial charge in [-0.25, -0.2) is 4.98 Å². The van der Waals surface area contributed by atoms with Crippen LogP contribution in [-0.4, -0.2) is 24.2 Å². The molecule has 0 radical (unpaired) electrons. The van der Waals surface area contributed by atoms with Crippen LogP contribution in [0.4, 0.5) is 5.82 Å². The third-order valence-electron chi connectivity index (χ3n) is 2.06. The Balaban J connectivity index is 2.50. The molecule has 0 fully saturated rings. The smallest absolute Gasteiger partial charge is 0.168 e. The number of hydrogen-bond acceptors (Lipinski definition) is 4. The molecule has 0 aliphatic heterocycles. The van der Waals surface area contributed by atoms with E-state index in [-0.39, 0.29) is 6.10 Å². The molecule has 0 aromatic carbocycles. The summed E-state index contributed by atoms with van der Waals surface area (Å²) in [6, 6.07) is 3.81. The van der Waals surface area contributed by atoms with E-state index in [1.807, 2.05) is 26.0 Å². The van der Waals surface area contributed by atoms with Crippen LogP contribution in [0.15, 0.2) is 18.3 Å². The predicted octanol–water partition coefficient (Wildman–Crippen LogP) is 2.02. The highest BCUT2D eigenvalue weighted by Crippen LogP contribution is 2.21. The second kappa shape index (κ2) is 7.06. The van der Waals surface area contributed by atoms with Gasteiger partial charge >= 0.3 is 0 Å². The molecule has 1 aromatic heterocycles. The number of aromatic nitrogens is 1. The second-order valence-electron chi connectivity index (χ2n) is 3.94. The van der Waals surface area contributed by atoms with Gasteiger partial charge in [0.1, 0.15) is 0 Å². The van der Waals surface area contributed by atoms with E-state index in [2.05, 4.69) is 10.3 Å². The van der Waals surface area contributed by atoms with Gasteiger partial charge in [-0.2, -0.15) is 0 Å². The fourth-order valence-electron chi connectivity index (χ4n) is 1.35. The van der Waals surface area contributed by atoms with E-state index in [1.165, 1.54) is 0 Å². The van der Waals surface area contributed by atoms with Gasteiger partial charge in [0.05, 0.1) is 6.10 Å². The van der Waals surface area contributed by atoms with E-state index in [0.29, 0.717) is 0 Å². The number of anilines is 1. The molecule has 1 rings (SSSR count). The van der Waals surface area contributed by atoms with E-state index in [4.69, 9.17) is 10.5 Å². The number of hydrogen-bond donors (Lipinski definition) is 2. The summed E-state index contributed by atoms with van der Waals surface area (Å²) < 4.78 is 5.65. The zero-order valence-electron chi connectivity index (χ0n) is 10.1. The maximum Gasteiger partial charge on any atom is 0.168 e. The Labute approximate surface area is 97.2 Å². The van der Waals surface area contributed by atoms with Gasteiger partial charge in [0, 0.05) is 12.7 Å². The lowest BCUT2D eigenvalue weighted by Gasteiger charge is -2.14. The number of rotatable bonds is 7. The van der Waals surface area contributed by atoms with Crippen LogP contribution in [0.1, 0.15) is 26.7 Å². The number of nitrogens with zero attached hydrogens (tertiary/aromatic N) is 1. The van der Waals surface area contributed by atoms with Crippen molar-refractivity contribution in [2.24, 2.45) is 5.73 Å². The van der Waals surface area contributed by atoms with Crippen molar-refractivity contribution in [3.63, 3.8) is 0 Å². The van der Waals surface area contributed by atoms with Gasteiger partial charge in [-0.3, -0.25) is 0 Å². The van der Waals surface area contributed by atoms with Crippen molar-refractivity contribution in [2.75, 3.05) is 18.4 Å². The molecule has 0 aliphatic rings. The van der Waals surface area contributed by atoms with Crippen LogP contribution < -0.4 is 15.8 Å². The van der Waals surface area contributed by atoms with Crippen molar-refractivity contribution < 1.29 is 4.74 Å². The van der Waals surface area contributed by atoms with Crippen LogP contribution in [-0.2, 0) is 0 Å². The van der Waals surface area contributed by atoms with Crippen molar-refractivity contribution in [1.82, 2.24) is 4.98 Å². The summed E-state index contributed by atoms with van der Waals surface area (Å²) in [5.74, 6) is 1.62. The quantitative estimate of drug-likeness (QED) is 0.694. The number of nitrogens with two attached hydrogens (primary N) is 1. The fraction of sp³-hybridized carbons (Fsp3) is 0.583. The molecule has 16 heavy (non-hydrogen) atoms. The van der Waals surface area contributed by atoms with Crippen molar-refractivity contribution in [1.29, 1.82) is 0 Å². The molecule has 0 saturated heterocycles. The number of unbranched alkanes of at least 4 members (excludes halogenated alkanes) is 1. The summed E-state index contributed by atoms with van der Waals surface area (Å²) in [6.45, 7) is 5.62. The number of ether oxygens (including phenoxy) is 1. The first-order valence-corrected chi connectivity index (χ1v) is 5.79. The molecule has 1 aromatic rings. The molecule has 0 saturated carbocycles. The summed E-state index contributed by atoms with van der Waals surface area (Å²) in [5.41, 5.74) is 5.44. The number of pyridine rings is 1. The molecule has 0 atom stereocenters. The lowest BCUT2D eigenvalue weighted by Crippen LogP contribution is -2.11. The second-order valence-corrected chi connectivity index (χ2v) is 3.94. The molecule has 90 valence electrons. The summed E-state index contributed by atoms with van der Waals surface area (Å²) in [5, 5.41) is 3.26. The van der Waals surface area contributed by atoms with Crippen LogP contribution in [0.3, 0.4) is 0 Å². The van der Waals surface area contributed by atoms with E-state index in [0.717, 1.165) is 37.5 Å². The Hall–Kier alpha value is -1.29. The zero-order chi connectivity index (χ0) is 11.8. The average Bonchev–Trinajstić information content (AvgIpc) is 2.26. The van der Waals surface area contributed by atoms with Crippen LogP contribution in [0.25, 0.3) is 0 Å². The monoisotopic (exact) mass is 223 g/mol. The zero-order valence-corrected chi connectivity index (χ0v) is 10.1. The van der Waals surface area contributed by atoms with Gasteiger partial charge in [-0.05, 0) is 45.4 Å². The van der Waals surface area contributed by atoms with Gasteiger partial charge in [0.15, 0.2) is 11.6 Å². The topological polar surface area (TPSA) is 60.2 Å². The van der Waals surface area contributed by atoms with Crippen LogP contribution in [0.2, 0.25) is 0 Å². The van der Waals surface area contributed by atoms with Gasteiger partial charge in [-0.1, -0.05) is 0 Å². The maximum absolute atomic E-state index is 5.65. The first-order chi connectivity index (χ1) is 7.74. The lowest BCUT2D eigenvalue weighted by atomic mass is 10.3. The lowest BCUT2D eigenvalue weighted by molar-refractivity contribution is 0.243. The number of nitrogens with one attached hydrogen (secondary N) is 1. The molecule has 0 spiro atoms. The van der Waals surface area contributed by atoms with Gasteiger partial charge in [0.25, 0.3) is 0 Å². The highest BCUT2D eigenvalue weighted by molar-refractivity contribution is 5.49. The summed E-state index contributed by atoms with van der Waals surface area (Å²) in [6.07, 6.45) is 4.00. The Morgan fingerprint density at radius 3 is 2.94 bits per heavy atom. The molecular formula is C12H21N3O. The minimum atomic E-state index is 0.161. The molecular weight excluding hydrogens is 202 g/mol. The molecule has 0 aliphatic carbocycles. The minimum absolute atomic E-state index is 0.161. The van der Waals surface area contributed by atoms with Gasteiger partial charge < -0.3 is 15.8 Å². The Morgan fingerprint density at radius 2 is 2.25 bits per heavy atom. The summed E-state index contributed by atoms with van der Waals surface area (Å²) in [4.78, 5) is 4.26. The Bertz CT molecular complexity index is 302. The molecule has 0 bridgehead atoms. The molecule has 4 heteroatoms. The van der Waals surface area contributed by atoms with Crippen molar-refractivity contribution >= 4 is 5.82 Å². The highest BCUT2D eigenvalue weighted by atomic mass is 16.5. The van der Waals surface area contributed by atoms with Gasteiger partial charge in [0.2, 0.25) is 0 Å². The normalized spacial score (nSPS) is 10.5. The maximum atomic E-state index is 5.65. The molecule has 0 amide bonds. The summed E-state index contributed by atoms with van der Waals surface area (Å²) in [7, 11) is 0. The Morgan fingerprint density at radius 1 is 1.44 bits per heavy atom. The first kappa shape index (κ1) is 12.8. The average molecular weight is 223 g/mol. The van der Waals surface area contributed by atoms with E-state index in [9.17, 15) is 0 Å². The molecule has 1 heterocycles. The predicted molar refractivity (Wildman–Crippen MR) is 66.8 cm³/mol. The van der Waals surface area contributed by atoms with Crippen molar-refractivity contribution in [3.05, 3.63) is 18.3 Å². The largest absolute Gasteiger partial charge is 0.487 e. The molecule has 3 N–H and O–H groups in total. The first-order valence-electron chi connectivity index (χ1n) is 5.79. The van der Waals surface area contributed by atoms with Crippen molar-refractivity contribution in [2.45, 2.75) is 32.8 Å². The molecule has 0 unspecified atom stereocenters. The SMILES string of the molecule is CC(C)Oc1cccnc1NCCCCN. The summed E-state index contributed by atoms with van der Waals surface area (Å²) >= 11 is 0. The standard InChI is InChI=1S/C12H21N3O/c1-10(2)16-11-6-5-9-15-12(11)14-8-4-3-7-13/h5-6,9-10H,3-4,7-8,13H2,1-2H3,(H,14,15). The van der Waals surface area contributed by atoms with Crippen LogP contribution in [0.5, 0.6) is 5.75 Å². The fourth-order valence-corrected chi connectivity index (χ4v) is 1.35. The third-order valence-corrected chi connectivity index (χ3v) is 2.06. The molecule has 4 nitrogen and oxygen atoms in total. The van der Waals surface area contributed by atoms with Crippen molar-refractivity contribution in [3.8, 4) is 5.75 Å². The Kier molecular flexibility index (Phi) is 5.64. The highest BCUT2D eigenvalue weighted by Gasteiger charge is 2.05. The third kappa shape index (κ3) is 4.49. The van der Waals surface area contributed by atoms with E-state index >= 15 is 0 Å².